The van der Waals surface area contributed by atoms with Crippen LogP contribution in [0.3, 0.4) is 0 Å². The summed E-state index contributed by atoms with van der Waals surface area (Å²) in [4.78, 5) is 10.9. The van der Waals surface area contributed by atoms with Gasteiger partial charge >= 0.3 is 5.97 Å². The fraction of sp³-hybridized carbons (Fsp3) is 0.700. The van der Waals surface area contributed by atoms with Crippen molar-refractivity contribution in [2.45, 2.75) is 38.2 Å². The van der Waals surface area contributed by atoms with E-state index in [1.807, 2.05) is 0 Å². The van der Waals surface area contributed by atoms with Gasteiger partial charge in [0.1, 0.15) is 0 Å². The summed E-state index contributed by atoms with van der Waals surface area (Å²) >= 11 is 0. The number of aliphatic hydroxyl groups is 1. The van der Waals surface area contributed by atoms with Crippen molar-refractivity contribution in [1.29, 1.82) is 0 Å². The third kappa shape index (κ3) is 1.18. The Balaban J connectivity index is 2.45. The Hall–Kier alpha value is -0.830. The molecule has 2 N–H and O–H groups in total. The smallest absolute Gasteiger partial charge is 0.334 e. The Kier molecular flexibility index (Phi) is 1.58. The predicted octanol–water partition coefficient (Wildman–Crippen LogP) is 1.32. The van der Waals surface area contributed by atoms with Crippen molar-refractivity contribution in [2.24, 2.45) is 5.41 Å². The predicted molar refractivity (Wildman–Crippen MR) is 47.2 cm³/mol. The number of aliphatic carboxylic acids is 1. The Labute approximate surface area is 77.1 Å². The maximum Gasteiger partial charge on any atom is 0.334 e. The van der Waals surface area contributed by atoms with Crippen molar-refractivity contribution in [3.8, 4) is 0 Å². The van der Waals surface area contributed by atoms with Gasteiger partial charge in [0.2, 0.25) is 0 Å². The summed E-state index contributed by atoms with van der Waals surface area (Å²) in [7, 11) is 0. The molecule has 2 bridgehead atoms. The van der Waals surface area contributed by atoms with Crippen LogP contribution in [0.1, 0.15) is 32.6 Å². The molecule has 0 aromatic heterocycles. The monoisotopic (exact) mass is 182 g/mol. The van der Waals surface area contributed by atoms with Gasteiger partial charge in [0.15, 0.2) is 0 Å². The van der Waals surface area contributed by atoms with E-state index >= 15 is 0 Å². The van der Waals surface area contributed by atoms with Gasteiger partial charge in [-0.15, -0.1) is 0 Å². The SMILES string of the molecule is CC12C=C(C(=O)O)C(O)(CC1)CC2. The first kappa shape index (κ1) is 8.75. The number of hydrogen-bond donors (Lipinski definition) is 2. The van der Waals surface area contributed by atoms with Crippen LogP contribution in [0.15, 0.2) is 11.6 Å². The topological polar surface area (TPSA) is 57.5 Å². The first-order valence-corrected chi connectivity index (χ1v) is 4.64. The molecule has 3 heteroatoms. The first-order valence-electron chi connectivity index (χ1n) is 4.64. The summed E-state index contributed by atoms with van der Waals surface area (Å²) in [6.45, 7) is 2.06. The van der Waals surface area contributed by atoms with Crippen LogP contribution in [-0.4, -0.2) is 21.8 Å². The molecule has 0 atom stereocenters. The number of hydrogen-bond acceptors (Lipinski definition) is 2. The van der Waals surface area contributed by atoms with Crippen LogP contribution >= 0.6 is 0 Å². The van der Waals surface area contributed by atoms with E-state index in [0.29, 0.717) is 12.8 Å². The molecule has 0 unspecified atom stereocenters. The van der Waals surface area contributed by atoms with Crippen molar-refractivity contribution in [2.75, 3.05) is 0 Å². The molecule has 1 saturated carbocycles. The number of carboxylic acid groups (broad SMARTS) is 1. The quantitative estimate of drug-likeness (QED) is 0.643. The summed E-state index contributed by atoms with van der Waals surface area (Å²) in [6, 6.07) is 0. The molecule has 0 amide bonds. The maximum atomic E-state index is 10.9. The molecule has 0 aromatic rings. The molecule has 3 nitrogen and oxygen atoms in total. The number of rotatable bonds is 1. The fourth-order valence-electron chi connectivity index (χ4n) is 2.39. The second-order valence-corrected chi connectivity index (χ2v) is 4.55. The fourth-order valence-corrected chi connectivity index (χ4v) is 2.39. The molecule has 0 saturated heterocycles. The molecule has 3 aliphatic carbocycles. The lowest BCUT2D eigenvalue weighted by Crippen LogP contribution is -2.46. The van der Waals surface area contributed by atoms with Crippen molar-refractivity contribution < 1.29 is 15.0 Å². The molecule has 0 aliphatic heterocycles. The first-order chi connectivity index (χ1) is 5.95. The average Bonchev–Trinajstić information content (AvgIpc) is 2.07. The lowest BCUT2D eigenvalue weighted by Gasteiger charge is -2.46. The standard InChI is InChI=1S/C10H14O3/c1-9-2-4-10(13,5-3-9)7(6-9)8(11)12/h6,13H,2-5H2,1H3,(H,11,12). The molecular formula is C10H14O3. The lowest BCUT2D eigenvalue weighted by atomic mass is 9.61. The molecule has 0 spiro atoms. The molecule has 3 aliphatic rings. The highest BCUT2D eigenvalue weighted by atomic mass is 16.4. The lowest BCUT2D eigenvalue weighted by molar-refractivity contribution is -0.137. The zero-order chi connectivity index (χ0) is 9.69. The van der Waals surface area contributed by atoms with Gasteiger partial charge in [-0.25, -0.2) is 4.79 Å². The van der Waals surface area contributed by atoms with Gasteiger partial charge in [0, 0.05) is 0 Å². The molecule has 0 radical (unpaired) electrons. The van der Waals surface area contributed by atoms with E-state index in [9.17, 15) is 9.90 Å². The zero-order valence-electron chi connectivity index (χ0n) is 7.71. The maximum absolute atomic E-state index is 10.9. The van der Waals surface area contributed by atoms with Gasteiger partial charge in [-0.1, -0.05) is 13.0 Å². The molecule has 0 aromatic carbocycles. The van der Waals surface area contributed by atoms with Crippen LogP contribution in [0.4, 0.5) is 0 Å². The molecule has 3 rings (SSSR count). The van der Waals surface area contributed by atoms with E-state index in [-0.39, 0.29) is 11.0 Å². The van der Waals surface area contributed by atoms with Crippen LogP contribution in [0.5, 0.6) is 0 Å². The van der Waals surface area contributed by atoms with Gasteiger partial charge in [-0.05, 0) is 31.1 Å². The summed E-state index contributed by atoms with van der Waals surface area (Å²) in [5.41, 5.74) is -0.811. The molecule has 13 heavy (non-hydrogen) atoms. The summed E-state index contributed by atoms with van der Waals surface area (Å²) < 4.78 is 0. The van der Waals surface area contributed by atoms with E-state index < -0.39 is 11.6 Å². The third-order valence-electron chi connectivity index (χ3n) is 3.44. The van der Waals surface area contributed by atoms with Crippen LogP contribution < -0.4 is 0 Å². The minimum absolute atomic E-state index is 0.0121. The molecule has 72 valence electrons. The van der Waals surface area contributed by atoms with Crippen LogP contribution in [0.2, 0.25) is 0 Å². The highest BCUT2D eigenvalue weighted by Crippen LogP contribution is 2.50. The van der Waals surface area contributed by atoms with Gasteiger partial charge in [-0.3, -0.25) is 0 Å². The Morgan fingerprint density at radius 3 is 2.31 bits per heavy atom. The van der Waals surface area contributed by atoms with Gasteiger partial charge < -0.3 is 10.2 Å². The largest absolute Gasteiger partial charge is 0.478 e. The van der Waals surface area contributed by atoms with Crippen LogP contribution in [0.25, 0.3) is 0 Å². The zero-order valence-corrected chi connectivity index (χ0v) is 7.71. The van der Waals surface area contributed by atoms with E-state index in [4.69, 9.17) is 5.11 Å². The average molecular weight is 182 g/mol. The van der Waals surface area contributed by atoms with Crippen molar-refractivity contribution in [3.05, 3.63) is 11.6 Å². The summed E-state index contributed by atoms with van der Waals surface area (Å²) in [5, 5.41) is 18.9. The van der Waals surface area contributed by atoms with Crippen LogP contribution in [0, 0.1) is 5.41 Å². The van der Waals surface area contributed by atoms with Gasteiger partial charge in [0.05, 0.1) is 11.2 Å². The van der Waals surface area contributed by atoms with E-state index in [2.05, 4.69) is 6.92 Å². The number of fused-ring (bicyclic) bond motifs is 2. The van der Waals surface area contributed by atoms with E-state index in [1.54, 1.807) is 6.08 Å². The highest BCUT2D eigenvalue weighted by Gasteiger charge is 2.48. The number of allylic oxidation sites excluding steroid dienone is 1. The second kappa shape index (κ2) is 2.35. The van der Waals surface area contributed by atoms with Gasteiger partial charge in [-0.2, -0.15) is 0 Å². The minimum atomic E-state index is -1.04. The summed E-state index contributed by atoms with van der Waals surface area (Å²) in [6.07, 6.45) is 4.76. The Morgan fingerprint density at radius 1 is 1.38 bits per heavy atom. The van der Waals surface area contributed by atoms with E-state index in [0.717, 1.165) is 12.8 Å². The Morgan fingerprint density at radius 2 is 1.92 bits per heavy atom. The summed E-state index contributed by atoms with van der Waals surface area (Å²) in [5.74, 6) is -0.965. The Bertz CT molecular complexity index is 283. The van der Waals surface area contributed by atoms with Crippen LogP contribution in [-0.2, 0) is 4.79 Å². The molecular weight excluding hydrogens is 168 g/mol. The van der Waals surface area contributed by atoms with Crippen molar-refractivity contribution in [1.82, 2.24) is 0 Å². The molecule has 1 fully saturated rings. The van der Waals surface area contributed by atoms with Gasteiger partial charge in [0.25, 0.3) is 0 Å². The second-order valence-electron chi connectivity index (χ2n) is 4.55. The van der Waals surface area contributed by atoms with Crippen molar-refractivity contribution in [3.63, 3.8) is 0 Å². The minimum Gasteiger partial charge on any atom is -0.478 e. The third-order valence-corrected chi connectivity index (χ3v) is 3.44. The molecule has 0 heterocycles. The number of carbonyl (C=O) groups is 1. The van der Waals surface area contributed by atoms with Crippen molar-refractivity contribution >= 4 is 5.97 Å². The normalized spacial score (nSPS) is 43.1. The number of carboxylic acids is 1. The highest BCUT2D eigenvalue weighted by molar-refractivity contribution is 5.89. The van der Waals surface area contributed by atoms with E-state index in [1.165, 1.54) is 0 Å².